The van der Waals surface area contributed by atoms with Crippen molar-refractivity contribution in [1.82, 2.24) is 9.55 Å². The third-order valence-corrected chi connectivity index (χ3v) is 3.87. The van der Waals surface area contributed by atoms with Crippen molar-refractivity contribution in [2.24, 2.45) is 11.8 Å². The lowest BCUT2D eigenvalue weighted by atomic mass is 9.80. The molecule has 2 rings (SSSR count). The second-order valence-corrected chi connectivity index (χ2v) is 6.16. The van der Waals surface area contributed by atoms with Crippen LogP contribution in [0, 0.1) is 18.8 Å². The van der Waals surface area contributed by atoms with Crippen LogP contribution in [0.4, 0.5) is 5.95 Å². The van der Waals surface area contributed by atoms with E-state index in [-0.39, 0.29) is 0 Å². The number of nitrogens with zero attached hydrogens (tertiary/aromatic N) is 2. The quantitative estimate of drug-likeness (QED) is 0.878. The van der Waals surface area contributed by atoms with Crippen molar-refractivity contribution in [1.29, 1.82) is 0 Å². The third-order valence-electron chi connectivity index (χ3n) is 3.87. The van der Waals surface area contributed by atoms with Gasteiger partial charge in [-0.1, -0.05) is 20.8 Å². The highest BCUT2D eigenvalue weighted by Gasteiger charge is 2.24. The Kier molecular flexibility index (Phi) is 4.31. The molecule has 2 atom stereocenters. The van der Waals surface area contributed by atoms with E-state index < -0.39 is 0 Å². The molecule has 3 nitrogen and oxygen atoms in total. The summed E-state index contributed by atoms with van der Waals surface area (Å²) in [5.74, 6) is 2.74. The molecule has 1 aliphatic carbocycles. The van der Waals surface area contributed by atoms with Crippen LogP contribution in [0.5, 0.6) is 0 Å². The number of rotatable bonds is 4. The van der Waals surface area contributed by atoms with Gasteiger partial charge in [-0.2, -0.15) is 0 Å². The molecule has 1 aliphatic rings. The molecule has 0 aliphatic heterocycles. The van der Waals surface area contributed by atoms with Gasteiger partial charge >= 0.3 is 0 Å². The van der Waals surface area contributed by atoms with Crippen molar-refractivity contribution >= 4 is 5.95 Å². The number of anilines is 1. The van der Waals surface area contributed by atoms with Gasteiger partial charge in [0.2, 0.25) is 5.95 Å². The van der Waals surface area contributed by atoms with Gasteiger partial charge in [0.25, 0.3) is 0 Å². The molecule has 0 radical (unpaired) electrons. The van der Waals surface area contributed by atoms with Gasteiger partial charge in [0.15, 0.2) is 0 Å². The topological polar surface area (TPSA) is 29.9 Å². The molecule has 0 bridgehead atoms. The third kappa shape index (κ3) is 3.27. The first-order valence-corrected chi connectivity index (χ1v) is 7.38. The summed E-state index contributed by atoms with van der Waals surface area (Å²) >= 11 is 0. The van der Waals surface area contributed by atoms with E-state index in [1.165, 1.54) is 19.3 Å². The maximum absolute atomic E-state index is 4.63. The Labute approximate surface area is 111 Å². The lowest BCUT2D eigenvalue weighted by Gasteiger charge is -2.32. The lowest BCUT2D eigenvalue weighted by Crippen LogP contribution is -2.31. The first-order valence-electron chi connectivity index (χ1n) is 7.38. The van der Waals surface area contributed by atoms with E-state index in [1.807, 2.05) is 0 Å². The number of aryl methyl sites for hydroxylation is 2. The maximum atomic E-state index is 4.63. The summed E-state index contributed by atoms with van der Waals surface area (Å²) < 4.78 is 2.26. The summed E-state index contributed by atoms with van der Waals surface area (Å²) in [5, 5.41) is 3.67. The van der Waals surface area contributed by atoms with Crippen LogP contribution < -0.4 is 5.32 Å². The second kappa shape index (κ2) is 5.77. The summed E-state index contributed by atoms with van der Waals surface area (Å²) in [6, 6.07) is 0.598. The Balaban J connectivity index is 2.03. The summed E-state index contributed by atoms with van der Waals surface area (Å²) in [7, 11) is 0. The van der Waals surface area contributed by atoms with Gasteiger partial charge < -0.3 is 9.88 Å². The predicted octanol–water partition coefficient (Wildman–Crippen LogP) is 3.84. The van der Waals surface area contributed by atoms with Crippen LogP contribution in [0.3, 0.4) is 0 Å². The molecular weight excluding hydrogens is 222 g/mol. The molecule has 1 saturated carbocycles. The number of aromatic nitrogens is 2. The van der Waals surface area contributed by atoms with Crippen LogP contribution in [0.25, 0.3) is 0 Å². The average Bonchev–Trinajstić information content (AvgIpc) is 2.58. The molecule has 18 heavy (non-hydrogen) atoms. The van der Waals surface area contributed by atoms with Crippen LogP contribution in [-0.2, 0) is 6.54 Å². The van der Waals surface area contributed by atoms with Crippen molar-refractivity contribution < 1.29 is 0 Å². The van der Waals surface area contributed by atoms with Crippen molar-refractivity contribution in [3.05, 3.63) is 11.9 Å². The molecule has 1 aromatic heterocycles. The Morgan fingerprint density at radius 2 is 1.94 bits per heavy atom. The minimum Gasteiger partial charge on any atom is -0.353 e. The van der Waals surface area contributed by atoms with Crippen LogP contribution in [0.2, 0.25) is 0 Å². The Morgan fingerprint density at radius 1 is 1.28 bits per heavy atom. The number of hydrogen-bond acceptors (Lipinski definition) is 2. The van der Waals surface area contributed by atoms with E-state index >= 15 is 0 Å². The zero-order chi connectivity index (χ0) is 13.1. The molecular formula is C15H27N3. The summed E-state index contributed by atoms with van der Waals surface area (Å²) in [5.41, 5.74) is 1.11. The first kappa shape index (κ1) is 13.4. The highest BCUT2D eigenvalue weighted by atomic mass is 15.2. The lowest BCUT2D eigenvalue weighted by molar-refractivity contribution is 0.280. The van der Waals surface area contributed by atoms with Crippen LogP contribution in [0.15, 0.2) is 6.20 Å². The minimum absolute atomic E-state index is 0.598. The SMILES string of the molecule is CCCn1cc(C)nc1NC1CC(C)CC(C)C1. The number of nitrogens with one attached hydrogen (secondary N) is 1. The fourth-order valence-electron chi connectivity index (χ4n) is 3.32. The summed E-state index contributed by atoms with van der Waals surface area (Å²) in [6.07, 6.45) is 7.24. The van der Waals surface area contributed by atoms with Crippen molar-refractivity contribution in [2.45, 2.75) is 66.0 Å². The van der Waals surface area contributed by atoms with Gasteiger partial charge in [-0.25, -0.2) is 4.98 Å². The molecule has 0 amide bonds. The maximum Gasteiger partial charge on any atom is 0.203 e. The van der Waals surface area contributed by atoms with E-state index in [0.29, 0.717) is 6.04 Å². The molecule has 0 spiro atoms. The average molecular weight is 249 g/mol. The van der Waals surface area contributed by atoms with Gasteiger partial charge in [0.05, 0.1) is 5.69 Å². The monoisotopic (exact) mass is 249 g/mol. The second-order valence-electron chi connectivity index (χ2n) is 6.16. The van der Waals surface area contributed by atoms with E-state index in [0.717, 1.165) is 36.4 Å². The van der Waals surface area contributed by atoms with E-state index in [9.17, 15) is 0 Å². The standard InChI is InChI=1S/C15H27N3/c1-5-6-18-10-13(4)16-15(18)17-14-8-11(2)7-12(3)9-14/h10-12,14H,5-9H2,1-4H3,(H,16,17). The van der Waals surface area contributed by atoms with E-state index in [1.54, 1.807) is 0 Å². The molecule has 1 fully saturated rings. The minimum atomic E-state index is 0.598. The highest BCUT2D eigenvalue weighted by molar-refractivity contribution is 5.30. The smallest absolute Gasteiger partial charge is 0.203 e. The van der Waals surface area contributed by atoms with Gasteiger partial charge in [0, 0.05) is 18.8 Å². The van der Waals surface area contributed by atoms with Crippen molar-refractivity contribution in [3.8, 4) is 0 Å². The molecule has 1 heterocycles. The van der Waals surface area contributed by atoms with E-state index in [2.05, 4.69) is 48.8 Å². The highest BCUT2D eigenvalue weighted by Crippen LogP contribution is 2.30. The zero-order valence-electron chi connectivity index (χ0n) is 12.2. The van der Waals surface area contributed by atoms with Crippen LogP contribution in [0.1, 0.15) is 52.1 Å². The normalized spacial score (nSPS) is 28.3. The van der Waals surface area contributed by atoms with Crippen molar-refractivity contribution in [2.75, 3.05) is 5.32 Å². The molecule has 102 valence electrons. The predicted molar refractivity (Wildman–Crippen MR) is 76.8 cm³/mol. The van der Waals surface area contributed by atoms with Crippen molar-refractivity contribution in [3.63, 3.8) is 0 Å². The summed E-state index contributed by atoms with van der Waals surface area (Å²) in [6.45, 7) is 10.1. The first-order chi connectivity index (χ1) is 8.58. The summed E-state index contributed by atoms with van der Waals surface area (Å²) in [4.78, 5) is 4.63. The molecule has 0 aromatic carbocycles. The Morgan fingerprint density at radius 3 is 2.56 bits per heavy atom. The Hall–Kier alpha value is -0.990. The zero-order valence-corrected chi connectivity index (χ0v) is 12.2. The van der Waals surface area contributed by atoms with Gasteiger partial charge in [-0.05, 0) is 44.4 Å². The molecule has 1 aromatic rings. The fraction of sp³-hybridized carbons (Fsp3) is 0.800. The fourth-order valence-corrected chi connectivity index (χ4v) is 3.32. The Bertz CT molecular complexity index is 373. The van der Waals surface area contributed by atoms with Gasteiger partial charge in [-0.15, -0.1) is 0 Å². The molecule has 3 heteroatoms. The number of hydrogen-bond donors (Lipinski definition) is 1. The van der Waals surface area contributed by atoms with Gasteiger partial charge in [0.1, 0.15) is 0 Å². The molecule has 2 unspecified atom stereocenters. The number of imidazole rings is 1. The van der Waals surface area contributed by atoms with E-state index in [4.69, 9.17) is 0 Å². The van der Waals surface area contributed by atoms with Crippen LogP contribution >= 0.6 is 0 Å². The van der Waals surface area contributed by atoms with Crippen LogP contribution in [-0.4, -0.2) is 15.6 Å². The largest absolute Gasteiger partial charge is 0.353 e. The molecule has 1 N–H and O–H groups in total. The molecule has 0 saturated heterocycles. The van der Waals surface area contributed by atoms with Gasteiger partial charge in [-0.3, -0.25) is 0 Å².